The van der Waals surface area contributed by atoms with Gasteiger partial charge in [0.25, 0.3) is 0 Å². The highest BCUT2D eigenvalue weighted by Gasteiger charge is 2.36. The van der Waals surface area contributed by atoms with Crippen LogP contribution in [0.3, 0.4) is 0 Å². The van der Waals surface area contributed by atoms with Crippen molar-refractivity contribution in [3.63, 3.8) is 0 Å². The van der Waals surface area contributed by atoms with Crippen LogP contribution in [0, 0.1) is 0 Å². The van der Waals surface area contributed by atoms with Crippen molar-refractivity contribution >= 4 is 12.0 Å². The number of aliphatic carboxylic acids is 1. The van der Waals surface area contributed by atoms with Gasteiger partial charge in [0.1, 0.15) is 5.54 Å². The number of likely N-dealkylation sites (N-methyl/N-ethyl adjacent to an activating group) is 1. The van der Waals surface area contributed by atoms with Crippen molar-refractivity contribution in [3.05, 3.63) is 0 Å². The van der Waals surface area contributed by atoms with Crippen LogP contribution in [0.1, 0.15) is 34.6 Å². The predicted octanol–water partition coefficient (Wildman–Crippen LogP) is 1.31. The van der Waals surface area contributed by atoms with E-state index in [-0.39, 0.29) is 6.10 Å². The lowest BCUT2D eigenvalue weighted by molar-refractivity contribution is -0.147. The van der Waals surface area contributed by atoms with Crippen molar-refractivity contribution in [2.45, 2.75) is 46.3 Å². The van der Waals surface area contributed by atoms with Gasteiger partial charge < -0.3 is 20.1 Å². The Morgan fingerprint density at radius 1 is 1.39 bits per heavy atom. The van der Waals surface area contributed by atoms with Crippen LogP contribution < -0.4 is 5.32 Å². The van der Waals surface area contributed by atoms with E-state index in [4.69, 9.17) is 9.84 Å². The molecule has 0 aliphatic heterocycles. The van der Waals surface area contributed by atoms with Crippen LogP contribution >= 0.6 is 0 Å². The summed E-state index contributed by atoms with van der Waals surface area (Å²) in [6.07, 6.45) is 0.111. The highest BCUT2D eigenvalue weighted by Crippen LogP contribution is 2.14. The van der Waals surface area contributed by atoms with E-state index in [1.807, 2.05) is 13.8 Å². The van der Waals surface area contributed by atoms with E-state index in [0.717, 1.165) is 0 Å². The summed E-state index contributed by atoms with van der Waals surface area (Å²) in [6, 6.07) is -0.391. The van der Waals surface area contributed by atoms with Gasteiger partial charge >= 0.3 is 12.0 Å². The normalized spacial score (nSPS) is 11.4. The molecule has 0 aromatic carbocycles. The van der Waals surface area contributed by atoms with E-state index in [0.29, 0.717) is 19.7 Å². The van der Waals surface area contributed by atoms with Crippen LogP contribution in [0.5, 0.6) is 0 Å². The summed E-state index contributed by atoms with van der Waals surface area (Å²) in [5.74, 6) is -1.03. The molecule has 0 radical (unpaired) electrons. The number of ether oxygens (including phenoxy) is 1. The third-order valence-electron chi connectivity index (χ3n) is 2.59. The average molecular weight is 260 g/mol. The van der Waals surface area contributed by atoms with Gasteiger partial charge in [-0.1, -0.05) is 0 Å². The Kier molecular flexibility index (Phi) is 6.68. The molecule has 106 valence electrons. The van der Waals surface area contributed by atoms with E-state index >= 15 is 0 Å². The summed E-state index contributed by atoms with van der Waals surface area (Å²) in [6.45, 7) is 9.68. The van der Waals surface area contributed by atoms with Crippen molar-refractivity contribution < 1.29 is 19.4 Å². The third kappa shape index (κ3) is 4.91. The van der Waals surface area contributed by atoms with Gasteiger partial charge in [-0.3, -0.25) is 0 Å². The summed E-state index contributed by atoms with van der Waals surface area (Å²) in [7, 11) is 0. The first-order valence-electron chi connectivity index (χ1n) is 6.14. The quantitative estimate of drug-likeness (QED) is 0.676. The number of hydrogen-bond acceptors (Lipinski definition) is 3. The first-order chi connectivity index (χ1) is 8.23. The predicted molar refractivity (Wildman–Crippen MR) is 68.6 cm³/mol. The standard InChI is InChI=1S/C12H24N2O4/c1-6-14(12(4,5)10(15)16)11(17)13-7-8-18-9(2)3/h9H,6-8H2,1-5H3,(H,13,17)(H,15,16). The minimum absolute atomic E-state index is 0.111. The summed E-state index contributed by atoms with van der Waals surface area (Å²) in [5.41, 5.74) is -1.22. The van der Waals surface area contributed by atoms with E-state index in [2.05, 4.69) is 5.32 Å². The molecule has 2 N–H and O–H groups in total. The summed E-state index contributed by atoms with van der Waals surface area (Å²) >= 11 is 0. The second-order valence-electron chi connectivity index (χ2n) is 4.76. The Hall–Kier alpha value is -1.30. The van der Waals surface area contributed by atoms with E-state index in [1.54, 1.807) is 6.92 Å². The number of hydrogen-bond donors (Lipinski definition) is 2. The Bertz CT molecular complexity index is 290. The molecule has 18 heavy (non-hydrogen) atoms. The second kappa shape index (κ2) is 7.20. The fourth-order valence-electron chi connectivity index (χ4n) is 1.46. The van der Waals surface area contributed by atoms with Gasteiger partial charge in [0, 0.05) is 13.1 Å². The van der Waals surface area contributed by atoms with Crippen molar-refractivity contribution in [1.82, 2.24) is 10.2 Å². The number of rotatable bonds is 7. The van der Waals surface area contributed by atoms with E-state index in [1.165, 1.54) is 18.7 Å². The van der Waals surface area contributed by atoms with Crippen molar-refractivity contribution in [1.29, 1.82) is 0 Å². The maximum atomic E-state index is 11.9. The van der Waals surface area contributed by atoms with Crippen LogP contribution in [0.2, 0.25) is 0 Å². The van der Waals surface area contributed by atoms with Crippen molar-refractivity contribution in [2.24, 2.45) is 0 Å². The molecule has 0 heterocycles. The summed E-state index contributed by atoms with van der Waals surface area (Å²) in [4.78, 5) is 24.2. The number of urea groups is 1. The zero-order valence-corrected chi connectivity index (χ0v) is 11.8. The summed E-state index contributed by atoms with van der Waals surface area (Å²) < 4.78 is 5.29. The lowest BCUT2D eigenvalue weighted by Crippen LogP contribution is -2.56. The SMILES string of the molecule is CCN(C(=O)NCCOC(C)C)C(C)(C)C(=O)O. The molecule has 0 rings (SSSR count). The largest absolute Gasteiger partial charge is 0.480 e. The zero-order chi connectivity index (χ0) is 14.3. The van der Waals surface area contributed by atoms with Crippen LogP contribution in [0.25, 0.3) is 0 Å². The molecule has 0 aliphatic carbocycles. The number of nitrogens with one attached hydrogen (secondary N) is 1. The number of carboxylic acids is 1. The molecule has 0 aromatic heterocycles. The minimum Gasteiger partial charge on any atom is -0.480 e. The lowest BCUT2D eigenvalue weighted by atomic mass is 10.0. The Balaban J connectivity index is 4.33. The fourth-order valence-corrected chi connectivity index (χ4v) is 1.46. The zero-order valence-electron chi connectivity index (χ0n) is 11.8. The molecular formula is C12H24N2O4. The number of amides is 2. The number of carbonyl (C=O) groups is 2. The minimum atomic E-state index is -1.22. The van der Waals surface area contributed by atoms with Crippen LogP contribution in [-0.2, 0) is 9.53 Å². The average Bonchev–Trinajstić information content (AvgIpc) is 2.24. The number of nitrogens with zero attached hydrogens (tertiary/aromatic N) is 1. The molecule has 0 unspecified atom stereocenters. The molecule has 0 aromatic rings. The Morgan fingerprint density at radius 2 is 1.94 bits per heavy atom. The molecule has 0 bridgehead atoms. The van der Waals surface area contributed by atoms with Gasteiger partial charge in [0.05, 0.1) is 12.7 Å². The molecule has 0 spiro atoms. The smallest absolute Gasteiger partial charge is 0.329 e. The van der Waals surface area contributed by atoms with Gasteiger partial charge in [-0.2, -0.15) is 0 Å². The van der Waals surface area contributed by atoms with Gasteiger partial charge in [0.2, 0.25) is 0 Å². The van der Waals surface area contributed by atoms with Crippen LogP contribution in [0.15, 0.2) is 0 Å². The molecule has 0 fully saturated rings. The molecule has 2 amide bonds. The van der Waals surface area contributed by atoms with Gasteiger partial charge in [-0.15, -0.1) is 0 Å². The Labute approximate surface area is 108 Å². The van der Waals surface area contributed by atoms with E-state index in [9.17, 15) is 9.59 Å². The van der Waals surface area contributed by atoms with Crippen molar-refractivity contribution in [3.8, 4) is 0 Å². The first kappa shape index (κ1) is 16.7. The highest BCUT2D eigenvalue weighted by atomic mass is 16.5. The molecule has 0 atom stereocenters. The maximum absolute atomic E-state index is 11.9. The summed E-state index contributed by atoms with van der Waals surface area (Å²) in [5, 5.41) is 11.7. The van der Waals surface area contributed by atoms with E-state index < -0.39 is 17.5 Å². The maximum Gasteiger partial charge on any atom is 0.329 e. The monoisotopic (exact) mass is 260 g/mol. The first-order valence-corrected chi connectivity index (χ1v) is 6.14. The Morgan fingerprint density at radius 3 is 2.33 bits per heavy atom. The topological polar surface area (TPSA) is 78.9 Å². The van der Waals surface area contributed by atoms with Crippen LogP contribution in [0.4, 0.5) is 4.79 Å². The molecule has 0 saturated heterocycles. The molecule has 0 saturated carbocycles. The number of carboxylic acid groups (broad SMARTS) is 1. The second-order valence-corrected chi connectivity index (χ2v) is 4.76. The van der Waals surface area contributed by atoms with Crippen LogP contribution in [-0.4, -0.2) is 53.3 Å². The fraction of sp³-hybridized carbons (Fsp3) is 0.833. The van der Waals surface area contributed by atoms with Gasteiger partial charge in [0.15, 0.2) is 0 Å². The lowest BCUT2D eigenvalue weighted by Gasteiger charge is -2.34. The highest BCUT2D eigenvalue weighted by molar-refractivity contribution is 5.85. The van der Waals surface area contributed by atoms with Crippen molar-refractivity contribution in [2.75, 3.05) is 19.7 Å². The third-order valence-corrected chi connectivity index (χ3v) is 2.59. The molecule has 6 nitrogen and oxygen atoms in total. The number of carbonyl (C=O) groups excluding carboxylic acids is 1. The molecule has 0 aliphatic rings. The molecular weight excluding hydrogens is 236 g/mol. The van der Waals surface area contributed by atoms with Gasteiger partial charge in [-0.25, -0.2) is 9.59 Å². The van der Waals surface area contributed by atoms with Gasteiger partial charge in [-0.05, 0) is 34.6 Å². The molecule has 6 heteroatoms.